The van der Waals surface area contributed by atoms with Crippen molar-refractivity contribution in [1.82, 2.24) is 4.98 Å². The lowest BCUT2D eigenvalue weighted by molar-refractivity contribution is 0.414. The molecule has 0 fully saturated rings. The second-order valence-corrected chi connectivity index (χ2v) is 6.99. The molecule has 0 spiro atoms. The molecule has 0 radical (unpaired) electrons. The minimum absolute atomic E-state index is 0.707. The molecule has 0 aliphatic carbocycles. The highest BCUT2D eigenvalue weighted by atomic mass is 35.5. The van der Waals surface area contributed by atoms with Crippen molar-refractivity contribution in [3.05, 3.63) is 90.0 Å². The van der Waals surface area contributed by atoms with E-state index in [4.69, 9.17) is 26.1 Å². The maximum absolute atomic E-state index is 6.04. The predicted molar refractivity (Wildman–Crippen MR) is 119 cm³/mol. The van der Waals surface area contributed by atoms with Crippen LogP contribution in [0, 0.1) is 0 Å². The van der Waals surface area contributed by atoms with Gasteiger partial charge in [-0.1, -0.05) is 41.9 Å². The van der Waals surface area contributed by atoms with Crippen LogP contribution < -0.4 is 9.47 Å². The van der Waals surface area contributed by atoms with E-state index in [1.165, 1.54) is 0 Å². The van der Waals surface area contributed by atoms with E-state index in [1.807, 2.05) is 78.9 Å². The van der Waals surface area contributed by atoms with Gasteiger partial charge >= 0.3 is 0 Å². The van der Waals surface area contributed by atoms with E-state index < -0.39 is 0 Å². The minimum Gasteiger partial charge on any atom is -0.497 e. The Labute approximate surface area is 175 Å². The Hall–Kier alpha value is -3.30. The zero-order valence-corrected chi connectivity index (χ0v) is 17.0. The molecule has 3 nitrogen and oxygen atoms in total. The van der Waals surface area contributed by atoms with Crippen LogP contribution in [0.3, 0.4) is 0 Å². The number of aromatic nitrogens is 1. The Bertz CT molecular complexity index is 1110. The Morgan fingerprint density at radius 1 is 0.586 bits per heavy atom. The summed E-state index contributed by atoms with van der Waals surface area (Å²) in [7, 11) is 3.33. The second-order valence-electron chi connectivity index (χ2n) is 6.56. The number of benzene rings is 3. The number of rotatable bonds is 5. The van der Waals surface area contributed by atoms with Gasteiger partial charge in [-0.15, -0.1) is 0 Å². The van der Waals surface area contributed by atoms with E-state index in [9.17, 15) is 0 Å². The highest BCUT2D eigenvalue weighted by molar-refractivity contribution is 6.30. The number of hydrogen-bond donors (Lipinski definition) is 0. The number of halogens is 1. The van der Waals surface area contributed by atoms with Crippen LogP contribution in [0.5, 0.6) is 11.5 Å². The van der Waals surface area contributed by atoms with Crippen molar-refractivity contribution in [2.45, 2.75) is 0 Å². The summed E-state index contributed by atoms with van der Waals surface area (Å²) >= 11 is 6.04. The molecule has 4 aromatic rings. The van der Waals surface area contributed by atoms with Crippen LogP contribution in [0.15, 0.2) is 84.9 Å². The molecule has 4 rings (SSSR count). The van der Waals surface area contributed by atoms with Crippen molar-refractivity contribution in [3.8, 4) is 45.1 Å². The first kappa shape index (κ1) is 19.0. The molecular weight excluding hydrogens is 382 g/mol. The van der Waals surface area contributed by atoms with Gasteiger partial charge in [0, 0.05) is 21.7 Å². The largest absolute Gasteiger partial charge is 0.497 e. The highest BCUT2D eigenvalue weighted by Gasteiger charge is 2.12. The van der Waals surface area contributed by atoms with Crippen molar-refractivity contribution in [2.24, 2.45) is 0 Å². The Balaban J connectivity index is 1.85. The summed E-state index contributed by atoms with van der Waals surface area (Å²) in [6, 6.07) is 27.8. The Kier molecular flexibility index (Phi) is 5.50. The third-order valence-corrected chi connectivity index (χ3v) is 5.05. The zero-order valence-electron chi connectivity index (χ0n) is 16.2. The third-order valence-electron chi connectivity index (χ3n) is 4.80. The number of methoxy groups -OCH3 is 2. The summed E-state index contributed by atoms with van der Waals surface area (Å²) in [4.78, 5) is 5.00. The summed E-state index contributed by atoms with van der Waals surface area (Å²) in [6.45, 7) is 0. The monoisotopic (exact) mass is 401 g/mol. The van der Waals surface area contributed by atoms with Gasteiger partial charge in [-0.2, -0.15) is 0 Å². The summed E-state index contributed by atoms with van der Waals surface area (Å²) in [5, 5.41) is 0.707. The first-order chi connectivity index (χ1) is 14.2. The van der Waals surface area contributed by atoms with Crippen LogP contribution in [0.25, 0.3) is 33.6 Å². The van der Waals surface area contributed by atoms with Crippen molar-refractivity contribution >= 4 is 11.6 Å². The number of nitrogens with zero attached hydrogens (tertiary/aromatic N) is 1. The summed E-state index contributed by atoms with van der Waals surface area (Å²) in [6.07, 6.45) is 0. The molecule has 0 aliphatic rings. The molecule has 4 heteroatoms. The van der Waals surface area contributed by atoms with Crippen molar-refractivity contribution in [2.75, 3.05) is 14.2 Å². The molecule has 0 atom stereocenters. The third kappa shape index (κ3) is 4.10. The standard InChI is InChI=1S/C25H20ClNO2/c1-28-21-11-5-17(6-12-21)23-15-16-24(18-3-9-20(26)10-4-18)27-25(23)19-7-13-22(29-2)14-8-19/h3-16H,1-2H3. The normalized spacial score (nSPS) is 10.6. The van der Waals surface area contributed by atoms with Gasteiger partial charge in [-0.3, -0.25) is 0 Å². The molecule has 1 heterocycles. The molecule has 0 N–H and O–H groups in total. The van der Waals surface area contributed by atoms with Crippen LogP contribution in [0.2, 0.25) is 5.02 Å². The van der Waals surface area contributed by atoms with Crippen LogP contribution >= 0.6 is 11.6 Å². The molecule has 0 aliphatic heterocycles. The molecule has 0 unspecified atom stereocenters. The SMILES string of the molecule is COc1ccc(-c2ccc(-c3ccc(Cl)cc3)nc2-c2ccc(OC)cc2)cc1. The average Bonchev–Trinajstić information content (AvgIpc) is 2.79. The Morgan fingerprint density at radius 3 is 1.66 bits per heavy atom. The number of ether oxygens (including phenoxy) is 2. The van der Waals surface area contributed by atoms with Crippen molar-refractivity contribution in [1.29, 1.82) is 0 Å². The number of pyridine rings is 1. The molecule has 144 valence electrons. The minimum atomic E-state index is 0.707. The van der Waals surface area contributed by atoms with Crippen LogP contribution in [-0.4, -0.2) is 19.2 Å². The smallest absolute Gasteiger partial charge is 0.118 e. The summed E-state index contributed by atoms with van der Waals surface area (Å²) < 4.78 is 10.6. The molecular formula is C25H20ClNO2. The zero-order chi connectivity index (χ0) is 20.2. The van der Waals surface area contributed by atoms with Crippen LogP contribution in [0.4, 0.5) is 0 Å². The van der Waals surface area contributed by atoms with Gasteiger partial charge in [0.25, 0.3) is 0 Å². The maximum Gasteiger partial charge on any atom is 0.118 e. The van der Waals surface area contributed by atoms with Gasteiger partial charge in [0.05, 0.1) is 25.6 Å². The molecule has 29 heavy (non-hydrogen) atoms. The first-order valence-electron chi connectivity index (χ1n) is 9.24. The molecule has 0 amide bonds. The van der Waals surface area contributed by atoms with Crippen molar-refractivity contribution < 1.29 is 9.47 Å². The van der Waals surface area contributed by atoms with Crippen LogP contribution in [0.1, 0.15) is 0 Å². The van der Waals surface area contributed by atoms with Gasteiger partial charge in [0.1, 0.15) is 11.5 Å². The van der Waals surface area contributed by atoms with Gasteiger partial charge in [-0.25, -0.2) is 4.98 Å². The van der Waals surface area contributed by atoms with E-state index in [1.54, 1.807) is 14.2 Å². The van der Waals surface area contributed by atoms with E-state index in [0.29, 0.717) is 5.02 Å². The van der Waals surface area contributed by atoms with Crippen molar-refractivity contribution in [3.63, 3.8) is 0 Å². The fourth-order valence-corrected chi connectivity index (χ4v) is 3.34. The van der Waals surface area contributed by atoms with E-state index in [2.05, 4.69) is 6.07 Å². The lowest BCUT2D eigenvalue weighted by atomic mass is 9.97. The van der Waals surface area contributed by atoms with Gasteiger partial charge in [0.2, 0.25) is 0 Å². The van der Waals surface area contributed by atoms with Gasteiger partial charge in [0.15, 0.2) is 0 Å². The van der Waals surface area contributed by atoms with Gasteiger partial charge < -0.3 is 9.47 Å². The molecule has 0 saturated carbocycles. The maximum atomic E-state index is 6.04. The quantitative estimate of drug-likeness (QED) is 0.370. The second kappa shape index (κ2) is 8.38. The fourth-order valence-electron chi connectivity index (χ4n) is 3.21. The van der Waals surface area contributed by atoms with Crippen LogP contribution in [-0.2, 0) is 0 Å². The number of hydrogen-bond acceptors (Lipinski definition) is 3. The Morgan fingerprint density at radius 2 is 1.10 bits per heavy atom. The molecule has 3 aromatic carbocycles. The van der Waals surface area contributed by atoms with E-state index >= 15 is 0 Å². The summed E-state index contributed by atoms with van der Waals surface area (Å²) in [5.41, 5.74) is 5.97. The molecule has 0 bridgehead atoms. The highest BCUT2D eigenvalue weighted by Crippen LogP contribution is 2.34. The molecule has 0 saturated heterocycles. The average molecular weight is 402 g/mol. The van der Waals surface area contributed by atoms with E-state index in [0.717, 1.165) is 45.1 Å². The lowest BCUT2D eigenvalue weighted by Crippen LogP contribution is -1.93. The van der Waals surface area contributed by atoms with E-state index in [-0.39, 0.29) is 0 Å². The lowest BCUT2D eigenvalue weighted by Gasteiger charge is -2.13. The predicted octanol–water partition coefficient (Wildman–Crippen LogP) is 6.75. The summed E-state index contributed by atoms with van der Waals surface area (Å²) in [5.74, 6) is 1.64. The topological polar surface area (TPSA) is 31.4 Å². The first-order valence-corrected chi connectivity index (χ1v) is 9.61. The fraction of sp³-hybridized carbons (Fsp3) is 0.0800. The van der Waals surface area contributed by atoms with Gasteiger partial charge in [-0.05, 0) is 60.2 Å². The molecule has 1 aromatic heterocycles.